The number of nitrogens with zero attached hydrogens (tertiary/aromatic N) is 2. The van der Waals surface area contributed by atoms with Crippen LogP contribution in [-0.4, -0.2) is 28.7 Å². The van der Waals surface area contributed by atoms with Gasteiger partial charge in [0.25, 0.3) is 5.69 Å². The smallest absolute Gasteiger partial charge is 0.290 e. The molecular formula is C12H17N3O3. The highest BCUT2D eigenvalue weighted by Gasteiger charge is 2.29. The second-order valence-electron chi connectivity index (χ2n) is 4.45. The zero-order valence-electron chi connectivity index (χ0n) is 10.5. The Morgan fingerprint density at radius 2 is 2.28 bits per heavy atom. The molecule has 98 valence electrons. The van der Waals surface area contributed by atoms with Crippen LogP contribution in [0.1, 0.15) is 25.5 Å². The summed E-state index contributed by atoms with van der Waals surface area (Å²) in [5, 5.41) is 13.9. The maximum Gasteiger partial charge on any atom is 0.290 e. The van der Waals surface area contributed by atoms with Gasteiger partial charge < -0.3 is 10.1 Å². The van der Waals surface area contributed by atoms with Gasteiger partial charge in [-0.3, -0.25) is 10.1 Å². The molecule has 0 atom stereocenters. The van der Waals surface area contributed by atoms with E-state index in [0.717, 1.165) is 19.4 Å². The number of ether oxygens (including phenoxy) is 1. The van der Waals surface area contributed by atoms with E-state index in [1.165, 1.54) is 6.07 Å². The Balaban J connectivity index is 1.92. The van der Waals surface area contributed by atoms with Crippen molar-refractivity contribution in [2.45, 2.75) is 38.8 Å². The van der Waals surface area contributed by atoms with Crippen LogP contribution in [-0.2, 0) is 4.74 Å². The fourth-order valence-corrected chi connectivity index (χ4v) is 2.09. The van der Waals surface area contributed by atoms with E-state index < -0.39 is 4.92 Å². The SMILES string of the molecule is CCOC1CC(Nc2ccc([N+](=O)[O-])c(C)n2)C1. The molecular weight excluding hydrogens is 234 g/mol. The summed E-state index contributed by atoms with van der Waals surface area (Å²) in [5.41, 5.74) is 0.493. The molecule has 0 radical (unpaired) electrons. The van der Waals surface area contributed by atoms with Crippen LogP contribution in [0.15, 0.2) is 12.1 Å². The van der Waals surface area contributed by atoms with Crippen molar-refractivity contribution in [2.75, 3.05) is 11.9 Å². The lowest BCUT2D eigenvalue weighted by Gasteiger charge is -2.35. The van der Waals surface area contributed by atoms with Gasteiger partial charge in [-0.2, -0.15) is 0 Å². The van der Waals surface area contributed by atoms with Gasteiger partial charge in [-0.15, -0.1) is 0 Å². The Hall–Kier alpha value is -1.69. The molecule has 1 fully saturated rings. The Labute approximate surface area is 106 Å². The summed E-state index contributed by atoms with van der Waals surface area (Å²) in [6, 6.07) is 3.50. The maximum absolute atomic E-state index is 10.7. The van der Waals surface area contributed by atoms with Crippen molar-refractivity contribution in [2.24, 2.45) is 0 Å². The second-order valence-corrected chi connectivity index (χ2v) is 4.45. The highest BCUT2D eigenvalue weighted by Crippen LogP contribution is 2.27. The van der Waals surface area contributed by atoms with Crippen LogP contribution >= 0.6 is 0 Å². The van der Waals surface area contributed by atoms with E-state index in [1.54, 1.807) is 13.0 Å². The summed E-state index contributed by atoms with van der Waals surface area (Å²) in [6.07, 6.45) is 2.27. The third kappa shape index (κ3) is 2.76. The predicted molar refractivity (Wildman–Crippen MR) is 67.7 cm³/mol. The van der Waals surface area contributed by atoms with E-state index >= 15 is 0 Å². The van der Waals surface area contributed by atoms with E-state index in [-0.39, 0.29) is 5.69 Å². The number of pyridine rings is 1. The van der Waals surface area contributed by atoms with Crippen LogP contribution in [0.3, 0.4) is 0 Å². The molecule has 1 aliphatic carbocycles. The molecule has 6 nitrogen and oxygen atoms in total. The Bertz CT molecular complexity index is 444. The van der Waals surface area contributed by atoms with E-state index in [1.807, 2.05) is 6.92 Å². The monoisotopic (exact) mass is 251 g/mol. The molecule has 0 aromatic carbocycles. The Morgan fingerprint density at radius 3 is 2.83 bits per heavy atom. The summed E-state index contributed by atoms with van der Waals surface area (Å²) in [7, 11) is 0. The molecule has 1 aromatic heterocycles. The topological polar surface area (TPSA) is 77.3 Å². The van der Waals surface area contributed by atoms with Gasteiger partial charge in [-0.05, 0) is 32.8 Å². The molecule has 2 rings (SSSR count). The largest absolute Gasteiger partial charge is 0.378 e. The number of aromatic nitrogens is 1. The molecule has 1 aliphatic rings. The standard InChI is InChI=1S/C12H17N3O3/c1-3-18-10-6-9(7-10)14-12-5-4-11(15(16)17)8(2)13-12/h4-5,9-10H,3,6-7H2,1-2H3,(H,13,14). The van der Waals surface area contributed by atoms with E-state index in [4.69, 9.17) is 4.74 Å². The van der Waals surface area contributed by atoms with Crippen LogP contribution in [0.25, 0.3) is 0 Å². The predicted octanol–water partition coefficient (Wildman–Crippen LogP) is 2.28. The summed E-state index contributed by atoms with van der Waals surface area (Å²) in [5.74, 6) is 0.693. The van der Waals surface area contributed by atoms with Gasteiger partial charge in [0.2, 0.25) is 0 Å². The number of aryl methyl sites for hydroxylation is 1. The van der Waals surface area contributed by atoms with Crippen LogP contribution in [0.5, 0.6) is 0 Å². The average Bonchev–Trinajstić information content (AvgIpc) is 2.26. The zero-order chi connectivity index (χ0) is 13.1. The molecule has 1 N–H and O–H groups in total. The van der Waals surface area contributed by atoms with Crippen molar-refractivity contribution in [3.05, 3.63) is 27.9 Å². The second kappa shape index (κ2) is 5.30. The van der Waals surface area contributed by atoms with Crippen molar-refractivity contribution >= 4 is 11.5 Å². The van der Waals surface area contributed by atoms with Gasteiger partial charge in [-0.1, -0.05) is 0 Å². The first-order valence-electron chi connectivity index (χ1n) is 6.10. The molecule has 0 aliphatic heterocycles. The lowest BCUT2D eigenvalue weighted by molar-refractivity contribution is -0.385. The van der Waals surface area contributed by atoms with Crippen molar-refractivity contribution in [3.63, 3.8) is 0 Å². The van der Waals surface area contributed by atoms with Gasteiger partial charge >= 0.3 is 0 Å². The number of hydrogen-bond acceptors (Lipinski definition) is 5. The molecule has 0 bridgehead atoms. The van der Waals surface area contributed by atoms with E-state index in [2.05, 4.69) is 10.3 Å². The summed E-state index contributed by atoms with van der Waals surface area (Å²) < 4.78 is 5.47. The fourth-order valence-electron chi connectivity index (χ4n) is 2.09. The number of nitro groups is 1. The van der Waals surface area contributed by atoms with Crippen LogP contribution < -0.4 is 5.32 Å². The van der Waals surface area contributed by atoms with E-state index in [0.29, 0.717) is 23.7 Å². The fraction of sp³-hybridized carbons (Fsp3) is 0.583. The van der Waals surface area contributed by atoms with Gasteiger partial charge in [-0.25, -0.2) is 4.98 Å². The lowest BCUT2D eigenvalue weighted by Crippen LogP contribution is -2.41. The normalized spacial score (nSPS) is 22.3. The van der Waals surface area contributed by atoms with Crippen molar-refractivity contribution < 1.29 is 9.66 Å². The molecule has 0 unspecified atom stereocenters. The molecule has 6 heteroatoms. The number of anilines is 1. The maximum atomic E-state index is 10.7. The quantitative estimate of drug-likeness (QED) is 0.641. The minimum absolute atomic E-state index is 0.0568. The molecule has 1 heterocycles. The Kier molecular flexibility index (Phi) is 3.76. The highest BCUT2D eigenvalue weighted by molar-refractivity contribution is 5.45. The van der Waals surface area contributed by atoms with Crippen LogP contribution in [0, 0.1) is 17.0 Å². The first kappa shape index (κ1) is 12.8. The summed E-state index contributed by atoms with van der Waals surface area (Å²) in [6.45, 7) is 4.38. The molecule has 1 aromatic rings. The number of nitrogens with one attached hydrogen (secondary N) is 1. The minimum atomic E-state index is -0.416. The number of hydrogen-bond donors (Lipinski definition) is 1. The third-order valence-corrected chi connectivity index (χ3v) is 3.10. The van der Waals surface area contributed by atoms with Gasteiger partial charge in [0.15, 0.2) is 0 Å². The molecule has 18 heavy (non-hydrogen) atoms. The third-order valence-electron chi connectivity index (χ3n) is 3.10. The molecule has 0 saturated heterocycles. The first-order valence-corrected chi connectivity index (χ1v) is 6.10. The minimum Gasteiger partial charge on any atom is -0.378 e. The van der Waals surface area contributed by atoms with Crippen LogP contribution in [0.4, 0.5) is 11.5 Å². The lowest BCUT2D eigenvalue weighted by atomic mass is 9.89. The van der Waals surface area contributed by atoms with E-state index in [9.17, 15) is 10.1 Å². The van der Waals surface area contributed by atoms with Crippen molar-refractivity contribution in [3.8, 4) is 0 Å². The van der Waals surface area contributed by atoms with Gasteiger partial charge in [0.05, 0.1) is 11.0 Å². The molecule has 1 saturated carbocycles. The highest BCUT2D eigenvalue weighted by atomic mass is 16.6. The average molecular weight is 251 g/mol. The summed E-state index contributed by atoms with van der Waals surface area (Å²) >= 11 is 0. The van der Waals surface area contributed by atoms with Gasteiger partial charge in [0, 0.05) is 18.7 Å². The number of rotatable bonds is 5. The molecule has 0 amide bonds. The first-order chi connectivity index (χ1) is 8.60. The summed E-state index contributed by atoms with van der Waals surface area (Å²) in [4.78, 5) is 14.4. The van der Waals surface area contributed by atoms with Crippen LogP contribution in [0.2, 0.25) is 0 Å². The Morgan fingerprint density at radius 1 is 1.56 bits per heavy atom. The zero-order valence-corrected chi connectivity index (χ0v) is 10.5. The van der Waals surface area contributed by atoms with Crippen molar-refractivity contribution in [1.82, 2.24) is 4.98 Å². The van der Waals surface area contributed by atoms with Gasteiger partial charge in [0.1, 0.15) is 11.5 Å². The van der Waals surface area contributed by atoms with Crippen molar-refractivity contribution in [1.29, 1.82) is 0 Å². The molecule has 0 spiro atoms.